The highest BCUT2D eigenvalue weighted by Gasteiger charge is 2.08. The summed E-state index contributed by atoms with van der Waals surface area (Å²) >= 11 is 0. The Kier molecular flexibility index (Phi) is 2.65. The lowest BCUT2D eigenvalue weighted by Crippen LogP contribution is -2.29. The Bertz CT molecular complexity index is 227. The molecular formula is C8H16N3+. The third-order valence-corrected chi connectivity index (χ3v) is 1.83. The van der Waals surface area contributed by atoms with Crippen LogP contribution < -0.4 is 10.3 Å². The summed E-state index contributed by atoms with van der Waals surface area (Å²) in [6, 6.07) is 0. The maximum absolute atomic E-state index is 5.43. The molecule has 0 bridgehead atoms. The monoisotopic (exact) mass is 154 g/mol. The number of hydrogen-bond donors (Lipinski definition) is 2. The van der Waals surface area contributed by atoms with Crippen LogP contribution in [0.5, 0.6) is 0 Å². The van der Waals surface area contributed by atoms with Gasteiger partial charge in [-0.3, -0.25) is 0 Å². The van der Waals surface area contributed by atoms with E-state index in [1.54, 1.807) is 0 Å². The molecule has 0 aliphatic rings. The van der Waals surface area contributed by atoms with Crippen LogP contribution in [0, 0.1) is 0 Å². The van der Waals surface area contributed by atoms with Gasteiger partial charge in [-0.2, -0.15) is 0 Å². The number of aromatic nitrogens is 2. The van der Waals surface area contributed by atoms with Crippen LogP contribution in [0.15, 0.2) is 6.20 Å². The molecule has 62 valence electrons. The fourth-order valence-corrected chi connectivity index (χ4v) is 1.24. The van der Waals surface area contributed by atoms with E-state index in [-0.39, 0.29) is 0 Å². The maximum atomic E-state index is 5.43. The second kappa shape index (κ2) is 3.53. The minimum atomic E-state index is 0.712. The van der Waals surface area contributed by atoms with Gasteiger partial charge in [0.05, 0.1) is 7.05 Å². The van der Waals surface area contributed by atoms with Crippen molar-refractivity contribution in [2.24, 2.45) is 12.8 Å². The Labute approximate surface area is 67.2 Å². The lowest BCUT2D eigenvalue weighted by atomic mass is 10.3. The zero-order chi connectivity index (χ0) is 8.27. The summed E-state index contributed by atoms with van der Waals surface area (Å²) in [7, 11) is 2.05. The minimum absolute atomic E-state index is 0.712. The van der Waals surface area contributed by atoms with Crippen molar-refractivity contribution >= 4 is 0 Å². The van der Waals surface area contributed by atoms with Gasteiger partial charge in [0.1, 0.15) is 11.9 Å². The van der Waals surface area contributed by atoms with Gasteiger partial charge in [0, 0.05) is 12.8 Å². The van der Waals surface area contributed by atoms with Crippen molar-refractivity contribution in [1.29, 1.82) is 0 Å². The molecule has 0 aliphatic heterocycles. The van der Waals surface area contributed by atoms with E-state index in [4.69, 9.17) is 5.73 Å². The molecule has 1 heterocycles. The Morgan fingerprint density at radius 2 is 2.36 bits per heavy atom. The molecule has 3 heteroatoms. The molecule has 0 fully saturated rings. The number of nitrogens with zero attached hydrogens (tertiary/aromatic N) is 1. The average Bonchev–Trinajstić information content (AvgIpc) is 2.32. The fraction of sp³-hybridized carbons (Fsp3) is 0.625. The van der Waals surface area contributed by atoms with Crippen LogP contribution in [0.2, 0.25) is 0 Å². The SMILES string of the molecule is CCc1[nH]c(CCN)c[n+]1C. The van der Waals surface area contributed by atoms with Crippen LogP contribution in [0.4, 0.5) is 0 Å². The molecule has 1 aromatic heterocycles. The molecule has 1 aromatic rings. The van der Waals surface area contributed by atoms with E-state index in [1.165, 1.54) is 11.5 Å². The first-order valence-corrected chi connectivity index (χ1v) is 4.04. The molecule has 0 atom stereocenters. The third kappa shape index (κ3) is 1.80. The van der Waals surface area contributed by atoms with E-state index in [2.05, 4.69) is 29.7 Å². The first kappa shape index (κ1) is 8.27. The van der Waals surface area contributed by atoms with Crippen molar-refractivity contribution in [2.45, 2.75) is 19.8 Å². The molecule has 3 N–H and O–H groups in total. The number of aromatic amines is 1. The van der Waals surface area contributed by atoms with Crippen LogP contribution >= 0.6 is 0 Å². The number of H-pyrrole nitrogens is 1. The van der Waals surface area contributed by atoms with Gasteiger partial charge in [-0.05, 0) is 6.54 Å². The highest BCUT2D eigenvalue weighted by atomic mass is 15.0. The number of rotatable bonds is 3. The highest BCUT2D eigenvalue weighted by molar-refractivity contribution is 4.94. The largest absolute Gasteiger partial charge is 0.330 e. The van der Waals surface area contributed by atoms with Crippen molar-refractivity contribution in [1.82, 2.24) is 4.98 Å². The number of imidazole rings is 1. The number of nitrogens with one attached hydrogen (secondary N) is 1. The first-order valence-electron chi connectivity index (χ1n) is 4.04. The Hall–Kier alpha value is -0.830. The van der Waals surface area contributed by atoms with Crippen molar-refractivity contribution in [3.63, 3.8) is 0 Å². The van der Waals surface area contributed by atoms with E-state index in [0.717, 1.165) is 12.8 Å². The minimum Gasteiger partial charge on any atom is -0.330 e. The number of hydrogen-bond acceptors (Lipinski definition) is 1. The molecule has 0 unspecified atom stereocenters. The molecule has 0 radical (unpaired) electrons. The molecule has 3 nitrogen and oxygen atoms in total. The summed E-state index contributed by atoms with van der Waals surface area (Å²) < 4.78 is 2.12. The molecule has 0 spiro atoms. The fourth-order valence-electron chi connectivity index (χ4n) is 1.24. The standard InChI is InChI=1S/C8H15N3/c1-3-8-10-7(4-5-9)6-11(8)2/h6H,3-5,9H2,1-2H3/p+1. The van der Waals surface area contributed by atoms with E-state index < -0.39 is 0 Å². The van der Waals surface area contributed by atoms with Gasteiger partial charge < -0.3 is 5.73 Å². The molecule has 0 saturated heterocycles. The van der Waals surface area contributed by atoms with E-state index in [0.29, 0.717) is 6.54 Å². The predicted molar refractivity (Wildman–Crippen MR) is 44.1 cm³/mol. The Balaban J connectivity index is 2.77. The molecule has 0 aromatic carbocycles. The number of nitrogens with two attached hydrogens (primary N) is 1. The van der Waals surface area contributed by atoms with E-state index in [1.807, 2.05) is 0 Å². The summed E-state index contributed by atoms with van der Waals surface area (Å²) in [5.74, 6) is 1.26. The van der Waals surface area contributed by atoms with Crippen LogP contribution in [0.3, 0.4) is 0 Å². The summed E-state index contributed by atoms with van der Waals surface area (Å²) in [6.07, 6.45) is 4.08. The van der Waals surface area contributed by atoms with Crippen LogP contribution in [0.25, 0.3) is 0 Å². The van der Waals surface area contributed by atoms with Crippen molar-refractivity contribution in [3.05, 3.63) is 17.7 Å². The Morgan fingerprint density at radius 3 is 2.82 bits per heavy atom. The lowest BCUT2D eigenvalue weighted by molar-refractivity contribution is -0.677. The molecule has 0 aliphatic carbocycles. The molecule has 0 saturated carbocycles. The van der Waals surface area contributed by atoms with Crippen LogP contribution in [-0.2, 0) is 19.9 Å². The second-order valence-electron chi connectivity index (χ2n) is 2.73. The van der Waals surface area contributed by atoms with Gasteiger partial charge in [-0.15, -0.1) is 0 Å². The van der Waals surface area contributed by atoms with Gasteiger partial charge in [0.2, 0.25) is 0 Å². The van der Waals surface area contributed by atoms with Gasteiger partial charge in [0.15, 0.2) is 0 Å². The average molecular weight is 154 g/mol. The molecule has 0 amide bonds. The predicted octanol–water partition coefficient (Wildman–Crippen LogP) is -0.0972. The zero-order valence-electron chi connectivity index (χ0n) is 7.22. The van der Waals surface area contributed by atoms with Crippen molar-refractivity contribution in [3.8, 4) is 0 Å². The molecular weight excluding hydrogens is 138 g/mol. The quantitative estimate of drug-likeness (QED) is 0.587. The summed E-state index contributed by atoms with van der Waals surface area (Å²) in [5.41, 5.74) is 6.66. The highest BCUT2D eigenvalue weighted by Crippen LogP contribution is 1.94. The van der Waals surface area contributed by atoms with Gasteiger partial charge in [-0.1, -0.05) is 6.92 Å². The Morgan fingerprint density at radius 1 is 1.64 bits per heavy atom. The normalized spacial score (nSPS) is 10.5. The summed E-state index contributed by atoms with van der Waals surface area (Å²) in [5, 5.41) is 0. The van der Waals surface area contributed by atoms with Crippen molar-refractivity contribution < 1.29 is 4.57 Å². The van der Waals surface area contributed by atoms with Crippen LogP contribution in [0.1, 0.15) is 18.4 Å². The van der Waals surface area contributed by atoms with Crippen molar-refractivity contribution in [2.75, 3.05) is 6.54 Å². The van der Waals surface area contributed by atoms with Gasteiger partial charge in [-0.25, -0.2) is 9.55 Å². The van der Waals surface area contributed by atoms with E-state index >= 15 is 0 Å². The van der Waals surface area contributed by atoms with Gasteiger partial charge in [0.25, 0.3) is 5.82 Å². The molecule has 11 heavy (non-hydrogen) atoms. The topological polar surface area (TPSA) is 45.7 Å². The maximum Gasteiger partial charge on any atom is 0.253 e. The molecule has 1 rings (SSSR count). The summed E-state index contributed by atoms with van der Waals surface area (Å²) in [6.45, 7) is 2.85. The smallest absolute Gasteiger partial charge is 0.253 e. The number of aryl methyl sites for hydroxylation is 2. The first-order chi connectivity index (χ1) is 5.27. The summed E-state index contributed by atoms with van der Waals surface area (Å²) in [4.78, 5) is 3.32. The zero-order valence-corrected chi connectivity index (χ0v) is 7.22. The lowest BCUT2D eigenvalue weighted by Gasteiger charge is -1.84. The third-order valence-electron chi connectivity index (χ3n) is 1.83. The van der Waals surface area contributed by atoms with Crippen LogP contribution in [-0.4, -0.2) is 11.5 Å². The van der Waals surface area contributed by atoms with Gasteiger partial charge >= 0.3 is 0 Å². The van der Waals surface area contributed by atoms with E-state index in [9.17, 15) is 0 Å². The second-order valence-corrected chi connectivity index (χ2v) is 2.73.